The van der Waals surface area contributed by atoms with Gasteiger partial charge in [0.2, 0.25) is 0 Å². The van der Waals surface area contributed by atoms with Crippen LogP contribution in [0.25, 0.3) is 39.5 Å². The molecular weight excluding hydrogens is 520 g/mol. The predicted molar refractivity (Wildman–Crippen MR) is 170 cm³/mol. The Hall–Kier alpha value is -5.60. The van der Waals surface area contributed by atoms with E-state index >= 15 is 0 Å². The number of rotatable bonds is 4. The molecule has 0 aliphatic rings. The van der Waals surface area contributed by atoms with E-state index in [2.05, 4.69) is 49.1 Å². The van der Waals surface area contributed by atoms with Gasteiger partial charge in [0.25, 0.3) is 5.56 Å². The number of benzene rings is 5. The predicted octanol–water partition coefficient (Wildman–Crippen LogP) is 7.44. The van der Waals surface area contributed by atoms with Gasteiger partial charge in [0, 0.05) is 11.1 Å². The van der Waals surface area contributed by atoms with Crippen molar-refractivity contribution in [1.82, 2.24) is 9.55 Å². The average Bonchev–Trinajstić information content (AvgIpc) is 3.00. The topological polar surface area (TPSA) is 64.3 Å². The van der Waals surface area contributed by atoms with E-state index in [0.29, 0.717) is 22.5 Å². The number of aromatic nitrogens is 2. The molecule has 1 heterocycles. The maximum Gasteiger partial charge on any atom is 0.266 e. The molecule has 204 valence electrons. The molecule has 5 nitrogen and oxygen atoms in total. The fraction of sp³-hybridized carbons (Fsp3) is 0.0811. The van der Waals surface area contributed by atoms with Crippen molar-refractivity contribution in [2.75, 3.05) is 7.11 Å². The molecule has 1 aromatic heterocycles. The number of ether oxygens (including phenoxy) is 1. The molecular formula is C37H28N2O3. The minimum absolute atomic E-state index is 0.0601. The summed E-state index contributed by atoms with van der Waals surface area (Å²) in [6, 6.07) is 30.9. The Balaban J connectivity index is 1.40. The number of aromatic hydroxyl groups is 1. The van der Waals surface area contributed by atoms with E-state index in [9.17, 15) is 9.90 Å². The van der Waals surface area contributed by atoms with Gasteiger partial charge in [-0.25, -0.2) is 4.98 Å². The van der Waals surface area contributed by atoms with Gasteiger partial charge in [-0.1, -0.05) is 65.9 Å². The van der Waals surface area contributed by atoms with Gasteiger partial charge in [0.1, 0.15) is 5.82 Å². The Morgan fingerprint density at radius 1 is 0.810 bits per heavy atom. The molecule has 0 saturated heterocycles. The highest BCUT2D eigenvalue weighted by Crippen LogP contribution is 2.27. The lowest BCUT2D eigenvalue weighted by atomic mass is 10.0. The highest BCUT2D eigenvalue weighted by molar-refractivity contribution is 5.84. The van der Waals surface area contributed by atoms with Gasteiger partial charge in [-0.2, -0.15) is 0 Å². The van der Waals surface area contributed by atoms with E-state index in [4.69, 9.17) is 9.72 Å². The summed E-state index contributed by atoms with van der Waals surface area (Å²) >= 11 is 0. The summed E-state index contributed by atoms with van der Waals surface area (Å²) in [6.45, 7) is 4.06. The molecule has 0 radical (unpaired) electrons. The molecule has 0 fully saturated rings. The molecule has 1 N–H and O–H groups in total. The number of hydrogen-bond acceptors (Lipinski definition) is 4. The maximum atomic E-state index is 13.8. The van der Waals surface area contributed by atoms with Crippen molar-refractivity contribution in [3.63, 3.8) is 0 Å². The van der Waals surface area contributed by atoms with Gasteiger partial charge >= 0.3 is 0 Å². The van der Waals surface area contributed by atoms with E-state index in [1.54, 1.807) is 34.9 Å². The van der Waals surface area contributed by atoms with Crippen molar-refractivity contribution in [3.05, 3.63) is 141 Å². The maximum absolute atomic E-state index is 13.8. The van der Waals surface area contributed by atoms with Crippen LogP contribution in [0.5, 0.6) is 11.5 Å². The van der Waals surface area contributed by atoms with Crippen LogP contribution in [0, 0.1) is 25.7 Å². The molecule has 5 aromatic carbocycles. The minimum atomic E-state index is -0.156. The number of para-hydroxylation sites is 1. The van der Waals surface area contributed by atoms with Gasteiger partial charge in [0.15, 0.2) is 11.5 Å². The van der Waals surface area contributed by atoms with Gasteiger partial charge in [-0.15, -0.1) is 0 Å². The van der Waals surface area contributed by atoms with Crippen LogP contribution in [0.15, 0.2) is 102 Å². The monoisotopic (exact) mass is 548 g/mol. The van der Waals surface area contributed by atoms with Gasteiger partial charge in [-0.3, -0.25) is 9.36 Å². The molecule has 0 saturated carbocycles. The lowest BCUT2D eigenvalue weighted by molar-refractivity contribution is 0.373. The summed E-state index contributed by atoms with van der Waals surface area (Å²) in [6.07, 6.45) is 3.64. The molecule has 6 aromatic rings. The number of phenolic OH excluding ortho intramolecular Hbond substituents is 1. The molecule has 6 rings (SSSR count). The van der Waals surface area contributed by atoms with E-state index in [1.165, 1.54) is 18.1 Å². The molecule has 0 spiro atoms. The Kier molecular flexibility index (Phi) is 7.04. The summed E-state index contributed by atoms with van der Waals surface area (Å²) in [4.78, 5) is 18.6. The van der Waals surface area contributed by atoms with Crippen LogP contribution < -0.4 is 10.3 Å². The van der Waals surface area contributed by atoms with Crippen molar-refractivity contribution in [2.45, 2.75) is 13.8 Å². The quantitative estimate of drug-likeness (QED) is 0.233. The third kappa shape index (κ3) is 5.26. The van der Waals surface area contributed by atoms with Crippen LogP contribution >= 0.6 is 0 Å². The molecule has 0 aliphatic carbocycles. The average molecular weight is 549 g/mol. The van der Waals surface area contributed by atoms with Crippen LogP contribution in [0.1, 0.15) is 33.6 Å². The first-order valence-corrected chi connectivity index (χ1v) is 13.6. The van der Waals surface area contributed by atoms with Crippen LogP contribution in [0.4, 0.5) is 0 Å². The SMILES string of the molecule is COc1cc(/C=C/c2nc3ccccc3c(=O)n2-c2ccc(C#Cc3ccc4cc(C)ccc4c3)cc2C)ccc1O. The van der Waals surface area contributed by atoms with Gasteiger partial charge in [-0.05, 0) is 96.4 Å². The normalized spacial score (nSPS) is 11.1. The molecule has 0 atom stereocenters. The highest BCUT2D eigenvalue weighted by atomic mass is 16.5. The van der Waals surface area contributed by atoms with Gasteiger partial charge in [0.05, 0.1) is 23.7 Å². The van der Waals surface area contributed by atoms with E-state index in [-0.39, 0.29) is 11.3 Å². The molecule has 42 heavy (non-hydrogen) atoms. The highest BCUT2D eigenvalue weighted by Gasteiger charge is 2.13. The standard InChI is InChI=1S/C37H28N2O3/c1-24-8-15-30-22-27(11-16-29(30)20-24)10-9-26-12-17-33(25(2)21-26)39-36(38-32-7-5-4-6-31(32)37(39)41)19-14-28-13-18-34(40)35(23-28)42-3/h4-8,11-23,40H,1-3H3/b19-14+. The zero-order valence-corrected chi connectivity index (χ0v) is 23.6. The van der Waals surface area contributed by atoms with Crippen molar-refractivity contribution >= 4 is 33.8 Å². The van der Waals surface area contributed by atoms with Crippen molar-refractivity contribution < 1.29 is 9.84 Å². The number of phenols is 1. The number of aryl methyl sites for hydroxylation is 2. The third-order valence-electron chi connectivity index (χ3n) is 7.21. The van der Waals surface area contributed by atoms with E-state index in [0.717, 1.165) is 33.3 Å². The number of hydrogen-bond donors (Lipinski definition) is 1. The first kappa shape index (κ1) is 26.6. The first-order chi connectivity index (χ1) is 20.4. The van der Waals surface area contributed by atoms with Crippen molar-refractivity contribution in [3.8, 4) is 29.0 Å². The third-order valence-corrected chi connectivity index (χ3v) is 7.21. The molecule has 0 amide bonds. The Bertz CT molecular complexity index is 2150. The minimum Gasteiger partial charge on any atom is -0.504 e. The van der Waals surface area contributed by atoms with Crippen LogP contribution in [-0.4, -0.2) is 21.8 Å². The van der Waals surface area contributed by atoms with Gasteiger partial charge < -0.3 is 9.84 Å². The van der Waals surface area contributed by atoms with E-state index in [1.807, 2.05) is 55.5 Å². The number of fused-ring (bicyclic) bond motifs is 2. The summed E-state index contributed by atoms with van der Waals surface area (Å²) in [5.41, 5.74) is 5.92. The largest absolute Gasteiger partial charge is 0.504 e. The summed E-state index contributed by atoms with van der Waals surface area (Å²) < 4.78 is 6.87. The lowest BCUT2D eigenvalue weighted by Gasteiger charge is -2.14. The summed E-state index contributed by atoms with van der Waals surface area (Å²) in [5, 5.41) is 12.9. The molecule has 0 aliphatic heterocycles. The number of methoxy groups -OCH3 is 1. The van der Waals surface area contributed by atoms with E-state index < -0.39 is 0 Å². The Morgan fingerprint density at radius 2 is 1.55 bits per heavy atom. The first-order valence-electron chi connectivity index (χ1n) is 13.6. The fourth-order valence-corrected chi connectivity index (χ4v) is 5.03. The second kappa shape index (κ2) is 11.1. The summed E-state index contributed by atoms with van der Waals surface area (Å²) in [7, 11) is 1.50. The lowest BCUT2D eigenvalue weighted by Crippen LogP contribution is -2.23. The fourth-order valence-electron chi connectivity index (χ4n) is 5.03. The molecule has 5 heteroatoms. The van der Waals surface area contributed by atoms with Crippen molar-refractivity contribution in [1.29, 1.82) is 0 Å². The summed E-state index contributed by atoms with van der Waals surface area (Å²) in [5.74, 6) is 7.47. The zero-order valence-electron chi connectivity index (χ0n) is 23.6. The molecule has 0 unspecified atom stereocenters. The van der Waals surface area contributed by atoms with Crippen LogP contribution in [0.3, 0.4) is 0 Å². The van der Waals surface area contributed by atoms with Crippen LogP contribution in [0.2, 0.25) is 0 Å². The molecule has 0 bridgehead atoms. The number of nitrogens with zero attached hydrogens (tertiary/aromatic N) is 2. The zero-order chi connectivity index (χ0) is 29.2. The Morgan fingerprint density at radius 3 is 2.36 bits per heavy atom. The Labute approximate surface area is 244 Å². The smallest absolute Gasteiger partial charge is 0.266 e. The second-order valence-corrected chi connectivity index (χ2v) is 10.2. The second-order valence-electron chi connectivity index (χ2n) is 10.2. The van der Waals surface area contributed by atoms with Crippen molar-refractivity contribution in [2.24, 2.45) is 0 Å². The van der Waals surface area contributed by atoms with Crippen LogP contribution in [-0.2, 0) is 0 Å².